The van der Waals surface area contributed by atoms with Crippen LogP contribution in [0.15, 0.2) is 29.3 Å². The zero-order valence-electron chi connectivity index (χ0n) is 8.77. The standard InChI is InChI=1S/C12H14N2O/c1-12(15)10-6-3-2-5-9(10)11-13-7-4-8-14(11)12/h2-3,5-6,15H,4,7-8H2,1H3. The van der Waals surface area contributed by atoms with Crippen LogP contribution >= 0.6 is 0 Å². The highest BCUT2D eigenvalue weighted by atomic mass is 16.3. The third kappa shape index (κ3) is 1.07. The zero-order valence-corrected chi connectivity index (χ0v) is 8.77. The fourth-order valence-corrected chi connectivity index (χ4v) is 2.50. The second-order valence-corrected chi connectivity index (χ2v) is 4.28. The van der Waals surface area contributed by atoms with Gasteiger partial charge in [-0.1, -0.05) is 24.3 Å². The summed E-state index contributed by atoms with van der Waals surface area (Å²) >= 11 is 0. The van der Waals surface area contributed by atoms with E-state index in [0.29, 0.717) is 0 Å². The Morgan fingerprint density at radius 1 is 1.40 bits per heavy atom. The van der Waals surface area contributed by atoms with E-state index in [4.69, 9.17) is 0 Å². The molecule has 1 N–H and O–H groups in total. The van der Waals surface area contributed by atoms with Crippen molar-refractivity contribution in [3.05, 3.63) is 35.4 Å². The summed E-state index contributed by atoms with van der Waals surface area (Å²) in [4.78, 5) is 6.51. The molecule has 0 aliphatic carbocycles. The third-order valence-corrected chi connectivity index (χ3v) is 3.26. The number of rotatable bonds is 0. The Morgan fingerprint density at radius 2 is 2.20 bits per heavy atom. The van der Waals surface area contributed by atoms with Gasteiger partial charge in [-0.3, -0.25) is 4.99 Å². The van der Waals surface area contributed by atoms with Gasteiger partial charge in [-0.15, -0.1) is 0 Å². The van der Waals surface area contributed by atoms with Gasteiger partial charge in [0.25, 0.3) is 0 Å². The number of hydrogen-bond donors (Lipinski definition) is 1. The molecule has 78 valence electrons. The minimum atomic E-state index is -0.879. The molecule has 0 spiro atoms. The van der Waals surface area contributed by atoms with Crippen molar-refractivity contribution in [3.8, 4) is 0 Å². The molecule has 0 amide bonds. The van der Waals surface area contributed by atoms with E-state index in [-0.39, 0.29) is 0 Å². The first-order valence-corrected chi connectivity index (χ1v) is 5.35. The molecule has 15 heavy (non-hydrogen) atoms. The van der Waals surface area contributed by atoms with Crippen molar-refractivity contribution in [2.45, 2.75) is 19.1 Å². The summed E-state index contributed by atoms with van der Waals surface area (Å²) < 4.78 is 0. The van der Waals surface area contributed by atoms with Gasteiger partial charge >= 0.3 is 0 Å². The molecule has 3 nitrogen and oxygen atoms in total. The molecule has 0 fully saturated rings. The molecule has 2 aliphatic heterocycles. The fraction of sp³-hybridized carbons (Fsp3) is 0.417. The van der Waals surface area contributed by atoms with Gasteiger partial charge in [-0.25, -0.2) is 0 Å². The Morgan fingerprint density at radius 3 is 3.07 bits per heavy atom. The van der Waals surface area contributed by atoms with Crippen LogP contribution in [0.5, 0.6) is 0 Å². The summed E-state index contributed by atoms with van der Waals surface area (Å²) in [5, 5.41) is 10.5. The van der Waals surface area contributed by atoms with Crippen LogP contribution in [-0.4, -0.2) is 28.9 Å². The van der Waals surface area contributed by atoms with Crippen LogP contribution in [0, 0.1) is 0 Å². The predicted molar refractivity (Wildman–Crippen MR) is 58.7 cm³/mol. The molecule has 1 atom stereocenters. The SMILES string of the molecule is CC1(O)c2ccccc2C2=NCCCN21. The van der Waals surface area contributed by atoms with Crippen LogP contribution in [0.2, 0.25) is 0 Å². The molecule has 2 aliphatic rings. The van der Waals surface area contributed by atoms with Crippen molar-refractivity contribution in [2.24, 2.45) is 4.99 Å². The lowest BCUT2D eigenvalue weighted by Crippen LogP contribution is -2.44. The molecule has 0 aromatic heterocycles. The highest BCUT2D eigenvalue weighted by Crippen LogP contribution is 2.38. The number of benzene rings is 1. The van der Waals surface area contributed by atoms with E-state index >= 15 is 0 Å². The van der Waals surface area contributed by atoms with Crippen LogP contribution in [0.4, 0.5) is 0 Å². The molecule has 0 saturated heterocycles. The maximum atomic E-state index is 10.5. The Labute approximate surface area is 89.1 Å². The van der Waals surface area contributed by atoms with Crippen LogP contribution in [0.1, 0.15) is 24.5 Å². The first-order valence-electron chi connectivity index (χ1n) is 5.35. The van der Waals surface area contributed by atoms with Crippen LogP contribution in [0.3, 0.4) is 0 Å². The summed E-state index contributed by atoms with van der Waals surface area (Å²) in [6, 6.07) is 7.98. The lowest BCUT2D eigenvalue weighted by atomic mass is 10.0. The average molecular weight is 202 g/mol. The van der Waals surface area contributed by atoms with Crippen LogP contribution in [-0.2, 0) is 5.72 Å². The minimum Gasteiger partial charge on any atom is -0.367 e. The number of nitrogens with zero attached hydrogens (tertiary/aromatic N) is 2. The second kappa shape index (κ2) is 2.83. The van der Waals surface area contributed by atoms with Gasteiger partial charge in [-0.2, -0.15) is 0 Å². The molecule has 1 aromatic carbocycles. The van der Waals surface area contributed by atoms with Crippen LogP contribution < -0.4 is 0 Å². The van der Waals surface area contributed by atoms with E-state index in [0.717, 1.165) is 36.5 Å². The van der Waals surface area contributed by atoms with E-state index in [1.54, 1.807) is 0 Å². The maximum Gasteiger partial charge on any atom is 0.163 e. The quantitative estimate of drug-likeness (QED) is 0.688. The summed E-state index contributed by atoms with van der Waals surface area (Å²) in [6.45, 7) is 3.61. The van der Waals surface area contributed by atoms with Crippen molar-refractivity contribution in [1.29, 1.82) is 0 Å². The smallest absolute Gasteiger partial charge is 0.163 e. The Bertz CT molecular complexity index is 437. The summed E-state index contributed by atoms with van der Waals surface area (Å²) in [5.74, 6) is 0.960. The number of aliphatic imine (C=N–C) groups is 1. The molecular formula is C12H14N2O. The molecule has 3 rings (SSSR count). The predicted octanol–water partition coefficient (Wildman–Crippen LogP) is 1.32. The van der Waals surface area contributed by atoms with Crippen LogP contribution in [0.25, 0.3) is 0 Å². The molecule has 0 radical (unpaired) electrons. The highest BCUT2D eigenvalue weighted by molar-refractivity contribution is 6.03. The van der Waals surface area contributed by atoms with Gasteiger partial charge in [0.2, 0.25) is 0 Å². The lowest BCUT2D eigenvalue weighted by Gasteiger charge is -2.34. The third-order valence-electron chi connectivity index (χ3n) is 3.26. The molecular weight excluding hydrogens is 188 g/mol. The van der Waals surface area contributed by atoms with Gasteiger partial charge in [0.15, 0.2) is 5.72 Å². The van der Waals surface area contributed by atoms with E-state index in [2.05, 4.69) is 4.99 Å². The fourth-order valence-electron chi connectivity index (χ4n) is 2.50. The van der Waals surface area contributed by atoms with Gasteiger partial charge in [0, 0.05) is 24.2 Å². The first kappa shape index (κ1) is 8.92. The Hall–Kier alpha value is -1.35. The maximum absolute atomic E-state index is 10.5. The summed E-state index contributed by atoms with van der Waals surface area (Å²) in [5.41, 5.74) is 1.18. The lowest BCUT2D eigenvalue weighted by molar-refractivity contribution is -0.0531. The van der Waals surface area contributed by atoms with Crippen molar-refractivity contribution in [3.63, 3.8) is 0 Å². The normalized spacial score (nSPS) is 28.4. The number of hydrogen-bond acceptors (Lipinski definition) is 3. The van der Waals surface area contributed by atoms with Crippen molar-refractivity contribution >= 4 is 5.84 Å². The van der Waals surface area contributed by atoms with Crippen molar-refractivity contribution < 1.29 is 5.11 Å². The number of aliphatic hydroxyl groups is 1. The molecule has 0 saturated carbocycles. The molecule has 3 heteroatoms. The largest absolute Gasteiger partial charge is 0.367 e. The second-order valence-electron chi connectivity index (χ2n) is 4.28. The van der Waals surface area contributed by atoms with Gasteiger partial charge in [0.05, 0.1) is 0 Å². The Kier molecular flexibility index (Phi) is 1.68. The average Bonchev–Trinajstić information content (AvgIpc) is 2.51. The monoisotopic (exact) mass is 202 g/mol. The Balaban J connectivity index is 2.24. The highest BCUT2D eigenvalue weighted by Gasteiger charge is 2.43. The summed E-state index contributed by atoms with van der Waals surface area (Å²) in [6.07, 6.45) is 1.02. The number of fused-ring (bicyclic) bond motifs is 3. The molecule has 1 unspecified atom stereocenters. The first-order chi connectivity index (χ1) is 7.21. The zero-order chi connectivity index (χ0) is 10.5. The van der Waals surface area contributed by atoms with Crippen molar-refractivity contribution in [1.82, 2.24) is 4.90 Å². The van der Waals surface area contributed by atoms with E-state index in [9.17, 15) is 5.11 Å². The van der Waals surface area contributed by atoms with E-state index in [1.165, 1.54) is 0 Å². The van der Waals surface area contributed by atoms with Gasteiger partial charge in [0.1, 0.15) is 5.84 Å². The van der Waals surface area contributed by atoms with Gasteiger partial charge < -0.3 is 10.0 Å². The topological polar surface area (TPSA) is 35.8 Å². The van der Waals surface area contributed by atoms with E-state index in [1.807, 2.05) is 36.1 Å². The van der Waals surface area contributed by atoms with Gasteiger partial charge in [-0.05, 0) is 13.3 Å². The molecule has 0 bridgehead atoms. The summed E-state index contributed by atoms with van der Waals surface area (Å²) in [7, 11) is 0. The van der Waals surface area contributed by atoms with E-state index < -0.39 is 5.72 Å². The minimum absolute atomic E-state index is 0.871. The van der Waals surface area contributed by atoms with Crippen molar-refractivity contribution in [2.75, 3.05) is 13.1 Å². The molecule has 1 aromatic rings. The molecule has 2 heterocycles. The number of amidine groups is 1.